The van der Waals surface area contributed by atoms with Crippen LogP contribution in [-0.4, -0.2) is 33.9 Å². The fraction of sp³-hybridized carbons (Fsp3) is 0.300. The molecule has 4 rings (SSSR count). The first kappa shape index (κ1) is 17.6. The summed E-state index contributed by atoms with van der Waals surface area (Å²) in [6, 6.07) is 9.29. The van der Waals surface area contributed by atoms with E-state index < -0.39 is 11.7 Å². The van der Waals surface area contributed by atoms with E-state index in [0.717, 1.165) is 17.0 Å². The molecule has 1 amide bonds. The molecular formula is C20H18F3N3O. The fourth-order valence-corrected chi connectivity index (χ4v) is 3.76. The Hall–Kier alpha value is -2.83. The third-order valence-corrected chi connectivity index (χ3v) is 5.14. The Morgan fingerprint density at radius 1 is 1.15 bits per heavy atom. The van der Waals surface area contributed by atoms with Crippen molar-refractivity contribution < 1.29 is 18.0 Å². The van der Waals surface area contributed by atoms with Gasteiger partial charge in [-0.2, -0.15) is 13.2 Å². The van der Waals surface area contributed by atoms with Crippen LogP contribution in [0.15, 0.2) is 48.8 Å². The van der Waals surface area contributed by atoms with Gasteiger partial charge in [0, 0.05) is 36.4 Å². The number of hydrogen-bond acceptors (Lipinski definition) is 2. The van der Waals surface area contributed by atoms with Crippen molar-refractivity contribution in [3.8, 4) is 0 Å². The molecule has 0 aliphatic carbocycles. The Morgan fingerprint density at radius 2 is 1.89 bits per heavy atom. The number of carbonyl (C=O) groups excluding carboxylic acids is 1. The molecule has 1 aliphatic rings. The van der Waals surface area contributed by atoms with E-state index in [2.05, 4.69) is 9.97 Å². The number of piperidine rings is 1. The summed E-state index contributed by atoms with van der Waals surface area (Å²) in [5, 5.41) is 0.856. The molecule has 2 aromatic heterocycles. The number of likely N-dealkylation sites (tertiary alicyclic amines) is 1. The van der Waals surface area contributed by atoms with E-state index in [-0.39, 0.29) is 11.8 Å². The second-order valence-corrected chi connectivity index (χ2v) is 6.80. The van der Waals surface area contributed by atoms with Gasteiger partial charge >= 0.3 is 6.18 Å². The SMILES string of the molecule is O=C(c1cc2cnccc2[nH]1)N1CCC(c2ccccc2C(F)(F)F)CC1. The number of rotatable bonds is 2. The molecule has 1 aliphatic heterocycles. The lowest BCUT2D eigenvalue weighted by Crippen LogP contribution is -2.38. The van der Waals surface area contributed by atoms with E-state index in [0.29, 0.717) is 37.2 Å². The van der Waals surface area contributed by atoms with Crippen molar-refractivity contribution in [2.45, 2.75) is 24.9 Å². The number of carbonyl (C=O) groups is 1. The van der Waals surface area contributed by atoms with Gasteiger partial charge in [-0.1, -0.05) is 18.2 Å². The van der Waals surface area contributed by atoms with Crippen LogP contribution >= 0.6 is 0 Å². The third kappa shape index (κ3) is 3.41. The van der Waals surface area contributed by atoms with Gasteiger partial charge in [0.1, 0.15) is 5.69 Å². The maximum Gasteiger partial charge on any atom is 0.416 e. The topological polar surface area (TPSA) is 49.0 Å². The average Bonchev–Trinajstić information content (AvgIpc) is 3.11. The summed E-state index contributed by atoms with van der Waals surface area (Å²) >= 11 is 0. The minimum Gasteiger partial charge on any atom is -0.350 e. The van der Waals surface area contributed by atoms with Crippen molar-refractivity contribution in [2.24, 2.45) is 0 Å². The van der Waals surface area contributed by atoms with Crippen LogP contribution < -0.4 is 0 Å². The number of alkyl halides is 3. The number of halogens is 3. The Balaban J connectivity index is 1.49. The van der Waals surface area contributed by atoms with Gasteiger partial charge in [0.2, 0.25) is 0 Å². The van der Waals surface area contributed by atoms with Gasteiger partial charge in [-0.25, -0.2) is 0 Å². The van der Waals surface area contributed by atoms with Gasteiger partial charge in [-0.15, -0.1) is 0 Å². The van der Waals surface area contributed by atoms with Crippen LogP contribution in [0.25, 0.3) is 10.9 Å². The number of H-pyrrole nitrogens is 1. The summed E-state index contributed by atoms with van der Waals surface area (Å²) in [6.45, 7) is 0.868. The van der Waals surface area contributed by atoms with Crippen molar-refractivity contribution in [3.05, 3.63) is 65.6 Å². The molecule has 4 nitrogen and oxygen atoms in total. The number of pyridine rings is 1. The fourth-order valence-electron chi connectivity index (χ4n) is 3.76. The lowest BCUT2D eigenvalue weighted by Gasteiger charge is -2.33. The zero-order valence-corrected chi connectivity index (χ0v) is 14.5. The van der Waals surface area contributed by atoms with Crippen LogP contribution in [0, 0.1) is 0 Å². The van der Waals surface area contributed by atoms with Crippen molar-refractivity contribution in [1.82, 2.24) is 14.9 Å². The predicted octanol–water partition coefficient (Wildman–Crippen LogP) is 4.60. The summed E-state index contributed by atoms with van der Waals surface area (Å²) in [6.07, 6.45) is 0.00274. The predicted molar refractivity (Wildman–Crippen MR) is 95.4 cm³/mol. The maximum absolute atomic E-state index is 13.3. The Morgan fingerprint density at radius 3 is 2.59 bits per heavy atom. The number of aromatic nitrogens is 2. The molecule has 0 radical (unpaired) electrons. The molecule has 0 saturated carbocycles. The van der Waals surface area contributed by atoms with Crippen LogP contribution in [0.2, 0.25) is 0 Å². The zero-order valence-electron chi connectivity index (χ0n) is 14.5. The highest BCUT2D eigenvalue weighted by Crippen LogP contribution is 2.38. The number of nitrogens with zero attached hydrogens (tertiary/aromatic N) is 2. The normalized spacial score (nSPS) is 16.0. The largest absolute Gasteiger partial charge is 0.416 e. The van der Waals surface area contributed by atoms with Crippen LogP contribution in [0.3, 0.4) is 0 Å². The van der Waals surface area contributed by atoms with Crippen molar-refractivity contribution in [1.29, 1.82) is 0 Å². The van der Waals surface area contributed by atoms with E-state index >= 15 is 0 Å². The number of amides is 1. The molecule has 3 heterocycles. The second kappa shape index (κ2) is 6.72. The summed E-state index contributed by atoms with van der Waals surface area (Å²) in [4.78, 5) is 21.5. The van der Waals surface area contributed by atoms with E-state index in [1.54, 1.807) is 41.6 Å². The van der Waals surface area contributed by atoms with Gasteiger partial charge in [0.15, 0.2) is 0 Å². The monoisotopic (exact) mass is 373 g/mol. The van der Waals surface area contributed by atoms with Gasteiger partial charge in [-0.3, -0.25) is 9.78 Å². The number of benzene rings is 1. The Bertz CT molecular complexity index is 939. The molecule has 1 N–H and O–H groups in total. The van der Waals surface area contributed by atoms with Crippen molar-refractivity contribution in [2.75, 3.05) is 13.1 Å². The van der Waals surface area contributed by atoms with Gasteiger partial charge in [-0.05, 0) is 42.5 Å². The molecule has 0 unspecified atom stereocenters. The molecule has 1 aromatic carbocycles. The van der Waals surface area contributed by atoms with Crippen LogP contribution in [0.4, 0.5) is 13.2 Å². The number of nitrogens with one attached hydrogen (secondary N) is 1. The van der Waals surface area contributed by atoms with E-state index in [9.17, 15) is 18.0 Å². The van der Waals surface area contributed by atoms with Crippen LogP contribution in [0.5, 0.6) is 0 Å². The first-order valence-electron chi connectivity index (χ1n) is 8.81. The minimum absolute atomic E-state index is 0.131. The van der Waals surface area contributed by atoms with Gasteiger partial charge < -0.3 is 9.88 Å². The second-order valence-electron chi connectivity index (χ2n) is 6.80. The number of aromatic amines is 1. The molecule has 0 spiro atoms. The standard InChI is InChI=1S/C20H18F3N3O/c21-20(22,23)16-4-2-1-3-15(16)13-6-9-26(10-7-13)19(27)18-11-14-12-24-8-5-17(14)25-18/h1-5,8,11-13,25H,6-7,9-10H2. The average molecular weight is 373 g/mol. The Labute approximate surface area is 154 Å². The number of fused-ring (bicyclic) bond motifs is 1. The third-order valence-electron chi connectivity index (χ3n) is 5.14. The van der Waals surface area contributed by atoms with Gasteiger partial charge in [0.25, 0.3) is 5.91 Å². The molecule has 0 bridgehead atoms. The Kier molecular flexibility index (Phi) is 4.37. The van der Waals surface area contributed by atoms with Gasteiger partial charge in [0.05, 0.1) is 5.56 Å². The molecule has 27 heavy (non-hydrogen) atoms. The molecular weight excluding hydrogens is 355 g/mol. The lowest BCUT2D eigenvalue weighted by atomic mass is 9.86. The summed E-state index contributed by atoms with van der Waals surface area (Å²) in [5.74, 6) is -0.326. The number of hydrogen-bond donors (Lipinski definition) is 1. The van der Waals surface area contributed by atoms with E-state index in [1.165, 1.54) is 6.07 Å². The maximum atomic E-state index is 13.3. The van der Waals surface area contributed by atoms with E-state index in [1.807, 2.05) is 0 Å². The molecule has 1 saturated heterocycles. The summed E-state index contributed by atoms with van der Waals surface area (Å²) in [5.41, 5.74) is 1.07. The lowest BCUT2D eigenvalue weighted by molar-refractivity contribution is -0.138. The molecule has 3 aromatic rings. The first-order valence-corrected chi connectivity index (χ1v) is 8.81. The van der Waals surface area contributed by atoms with Crippen LogP contribution in [0.1, 0.15) is 40.4 Å². The van der Waals surface area contributed by atoms with Crippen LogP contribution in [-0.2, 0) is 6.18 Å². The van der Waals surface area contributed by atoms with E-state index in [4.69, 9.17) is 0 Å². The molecule has 7 heteroatoms. The highest BCUT2D eigenvalue weighted by Gasteiger charge is 2.36. The summed E-state index contributed by atoms with van der Waals surface area (Å²) in [7, 11) is 0. The highest BCUT2D eigenvalue weighted by atomic mass is 19.4. The molecule has 1 fully saturated rings. The molecule has 0 atom stereocenters. The highest BCUT2D eigenvalue weighted by molar-refractivity contribution is 5.97. The smallest absolute Gasteiger partial charge is 0.350 e. The quantitative estimate of drug-likeness (QED) is 0.714. The zero-order chi connectivity index (χ0) is 19.0. The minimum atomic E-state index is -4.36. The summed E-state index contributed by atoms with van der Waals surface area (Å²) < 4.78 is 39.8. The van der Waals surface area contributed by atoms with Crippen molar-refractivity contribution in [3.63, 3.8) is 0 Å². The first-order chi connectivity index (χ1) is 12.9. The van der Waals surface area contributed by atoms with Crippen molar-refractivity contribution >= 4 is 16.8 Å². The molecule has 140 valence electrons.